The van der Waals surface area contributed by atoms with Gasteiger partial charge in [0, 0.05) is 11.6 Å². The van der Waals surface area contributed by atoms with Gasteiger partial charge in [0.2, 0.25) is 0 Å². The Kier molecular flexibility index (Phi) is 6.19. The van der Waals surface area contributed by atoms with Gasteiger partial charge in [-0.1, -0.05) is 23.7 Å². The summed E-state index contributed by atoms with van der Waals surface area (Å²) in [4.78, 5) is 22.1. The maximum absolute atomic E-state index is 11.5. The van der Waals surface area contributed by atoms with Gasteiger partial charge >= 0.3 is 5.97 Å². The molecule has 0 unspecified atom stereocenters. The number of esters is 1. The first-order valence-electron chi connectivity index (χ1n) is 7.39. The van der Waals surface area contributed by atoms with E-state index in [0.29, 0.717) is 23.0 Å². The number of methoxy groups -OCH3 is 1. The van der Waals surface area contributed by atoms with Crippen molar-refractivity contribution in [3.05, 3.63) is 52.3 Å². The van der Waals surface area contributed by atoms with Crippen LogP contribution in [0.1, 0.15) is 16.8 Å². The molecule has 1 aromatic heterocycles. The van der Waals surface area contributed by atoms with Crippen molar-refractivity contribution in [1.82, 2.24) is 9.78 Å². The summed E-state index contributed by atoms with van der Waals surface area (Å²) in [6, 6.07) is 7.57. The lowest BCUT2D eigenvalue weighted by Crippen LogP contribution is -2.19. The minimum atomic E-state index is -0.720. The Balaban J connectivity index is 2.14. The summed E-state index contributed by atoms with van der Waals surface area (Å²) in [5, 5.41) is 4.77. The second kappa shape index (κ2) is 8.34. The predicted molar refractivity (Wildman–Crippen MR) is 93.3 cm³/mol. The molecule has 0 fully saturated rings. The van der Waals surface area contributed by atoms with E-state index < -0.39 is 18.5 Å². The van der Waals surface area contributed by atoms with Crippen LogP contribution in [0.3, 0.4) is 0 Å². The molecule has 8 heteroatoms. The van der Waals surface area contributed by atoms with Gasteiger partial charge in [-0.3, -0.25) is 4.79 Å². The van der Waals surface area contributed by atoms with Crippen molar-refractivity contribution < 1.29 is 19.1 Å². The van der Waals surface area contributed by atoms with Crippen molar-refractivity contribution in [2.75, 3.05) is 13.7 Å². The Morgan fingerprint density at radius 3 is 2.84 bits per heavy atom. The predicted octanol–water partition coefficient (Wildman–Crippen LogP) is 1.94. The minimum Gasteiger partial charge on any atom is -0.497 e. The second-order valence-corrected chi connectivity index (χ2v) is 5.56. The molecule has 2 aromatic rings. The number of carbonyl (C=O) groups excluding carboxylic acids is 2. The van der Waals surface area contributed by atoms with Crippen LogP contribution < -0.4 is 10.5 Å². The number of hydrogen-bond donors (Lipinski definition) is 1. The molecule has 0 aliphatic rings. The molecule has 0 atom stereocenters. The first-order valence-corrected chi connectivity index (χ1v) is 7.77. The van der Waals surface area contributed by atoms with Gasteiger partial charge in [0.15, 0.2) is 6.61 Å². The lowest BCUT2D eigenvalue weighted by Gasteiger charge is -2.06. The van der Waals surface area contributed by atoms with Crippen LogP contribution in [0.4, 0.5) is 0 Å². The molecule has 0 spiro atoms. The highest BCUT2D eigenvalue weighted by molar-refractivity contribution is 6.31. The summed E-state index contributed by atoms with van der Waals surface area (Å²) in [6.45, 7) is 1.77. The topological polar surface area (TPSA) is 96.4 Å². The number of amides is 1. The summed E-state index contributed by atoms with van der Waals surface area (Å²) >= 11 is 6.36. The third kappa shape index (κ3) is 5.09. The van der Waals surface area contributed by atoms with Crippen molar-refractivity contribution in [3.63, 3.8) is 0 Å². The van der Waals surface area contributed by atoms with E-state index in [1.165, 1.54) is 12.2 Å². The molecule has 0 bridgehead atoms. The van der Waals surface area contributed by atoms with Crippen LogP contribution in [0.2, 0.25) is 5.15 Å². The molecular formula is C17H18ClN3O4. The van der Waals surface area contributed by atoms with E-state index >= 15 is 0 Å². The molecular weight excluding hydrogens is 346 g/mol. The van der Waals surface area contributed by atoms with E-state index in [0.717, 1.165) is 11.3 Å². The fourth-order valence-electron chi connectivity index (χ4n) is 2.15. The number of nitrogens with two attached hydrogens (primary N) is 1. The molecule has 2 rings (SSSR count). The highest BCUT2D eigenvalue weighted by Gasteiger charge is 2.12. The number of halogens is 1. The summed E-state index contributed by atoms with van der Waals surface area (Å²) in [5.74, 6) is -0.660. The Hall–Kier alpha value is -2.80. The van der Waals surface area contributed by atoms with Crippen LogP contribution in [0.15, 0.2) is 30.3 Å². The Morgan fingerprint density at radius 2 is 2.16 bits per heavy atom. The van der Waals surface area contributed by atoms with Gasteiger partial charge in [-0.2, -0.15) is 5.10 Å². The zero-order valence-corrected chi connectivity index (χ0v) is 14.6. The van der Waals surface area contributed by atoms with E-state index in [9.17, 15) is 9.59 Å². The van der Waals surface area contributed by atoms with Gasteiger partial charge in [-0.15, -0.1) is 0 Å². The summed E-state index contributed by atoms with van der Waals surface area (Å²) in [5.41, 5.74) is 7.14. The van der Waals surface area contributed by atoms with Crippen LogP contribution in [0.5, 0.6) is 5.75 Å². The van der Waals surface area contributed by atoms with Gasteiger partial charge in [0.05, 0.1) is 19.3 Å². The standard InChI is InChI=1S/C17H18ClN3O4/c1-11-14(6-7-16(23)25-10-15(19)22)17(18)21(20-11)9-12-4-3-5-13(8-12)24-2/h3-8H,9-10H2,1-2H3,(H2,19,22). The molecule has 0 aliphatic carbocycles. The molecule has 0 saturated heterocycles. The monoisotopic (exact) mass is 363 g/mol. The van der Waals surface area contributed by atoms with E-state index in [-0.39, 0.29) is 0 Å². The smallest absolute Gasteiger partial charge is 0.331 e. The number of hydrogen-bond acceptors (Lipinski definition) is 5. The van der Waals surface area contributed by atoms with Crippen molar-refractivity contribution >= 4 is 29.6 Å². The fraction of sp³-hybridized carbons (Fsp3) is 0.235. The summed E-state index contributed by atoms with van der Waals surface area (Å²) in [7, 11) is 1.60. The zero-order chi connectivity index (χ0) is 18.4. The lowest BCUT2D eigenvalue weighted by molar-refractivity contribution is -0.142. The van der Waals surface area contributed by atoms with E-state index in [1.54, 1.807) is 18.7 Å². The molecule has 0 radical (unpaired) electrons. The first kappa shape index (κ1) is 18.5. The average molecular weight is 364 g/mol. The van der Waals surface area contributed by atoms with Crippen LogP contribution in [-0.4, -0.2) is 35.4 Å². The van der Waals surface area contributed by atoms with Crippen molar-refractivity contribution in [2.24, 2.45) is 5.73 Å². The van der Waals surface area contributed by atoms with Gasteiger partial charge in [0.1, 0.15) is 10.9 Å². The first-order chi connectivity index (χ1) is 11.9. The largest absolute Gasteiger partial charge is 0.497 e. The van der Waals surface area contributed by atoms with Crippen molar-refractivity contribution in [1.29, 1.82) is 0 Å². The number of aromatic nitrogens is 2. The molecule has 7 nitrogen and oxygen atoms in total. The Labute approximate surface area is 150 Å². The average Bonchev–Trinajstić information content (AvgIpc) is 2.84. The molecule has 0 aliphatic heterocycles. The van der Waals surface area contributed by atoms with E-state index in [1.807, 2.05) is 24.3 Å². The Morgan fingerprint density at radius 1 is 1.40 bits per heavy atom. The number of aryl methyl sites for hydroxylation is 1. The molecule has 132 valence electrons. The van der Waals surface area contributed by atoms with Crippen LogP contribution in [-0.2, 0) is 20.9 Å². The molecule has 1 heterocycles. The molecule has 2 N–H and O–H groups in total. The number of nitrogens with zero attached hydrogens (tertiary/aromatic N) is 2. The highest BCUT2D eigenvalue weighted by Crippen LogP contribution is 2.23. The summed E-state index contributed by atoms with van der Waals surface area (Å²) < 4.78 is 11.5. The van der Waals surface area contributed by atoms with Gasteiger partial charge < -0.3 is 15.2 Å². The minimum absolute atomic E-state index is 0.388. The third-order valence-corrected chi connectivity index (χ3v) is 3.72. The fourth-order valence-corrected chi connectivity index (χ4v) is 2.44. The van der Waals surface area contributed by atoms with Crippen molar-refractivity contribution in [2.45, 2.75) is 13.5 Å². The molecule has 1 aromatic carbocycles. The normalized spacial score (nSPS) is 10.8. The Bertz CT molecular complexity index is 814. The lowest BCUT2D eigenvalue weighted by atomic mass is 10.2. The number of benzene rings is 1. The summed E-state index contributed by atoms with van der Waals surface area (Å²) in [6.07, 6.45) is 2.67. The quantitative estimate of drug-likeness (QED) is 0.599. The number of primary amides is 1. The number of carbonyl (C=O) groups is 2. The zero-order valence-electron chi connectivity index (χ0n) is 13.9. The number of rotatable bonds is 7. The van der Waals surface area contributed by atoms with Crippen LogP contribution in [0, 0.1) is 6.92 Å². The van der Waals surface area contributed by atoms with E-state index in [2.05, 4.69) is 9.84 Å². The van der Waals surface area contributed by atoms with Crippen molar-refractivity contribution in [3.8, 4) is 5.75 Å². The second-order valence-electron chi connectivity index (χ2n) is 5.21. The highest BCUT2D eigenvalue weighted by atomic mass is 35.5. The molecule has 1 amide bonds. The molecule has 0 saturated carbocycles. The maximum atomic E-state index is 11.5. The number of ether oxygens (including phenoxy) is 2. The van der Waals surface area contributed by atoms with Gasteiger partial charge in [-0.25, -0.2) is 9.48 Å². The van der Waals surface area contributed by atoms with Crippen LogP contribution in [0.25, 0.3) is 6.08 Å². The molecule has 25 heavy (non-hydrogen) atoms. The van der Waals surface area contributed by atoms with E-state index in [4.69, 9.17) is 22.1 Å². The third-order valence-electron chi connectivity index (χ3n) is 3.32. The van der Waals surface area contributed by atoms with Crippen LogP contribution >= 0.6 is 11.6 Å². The van der Waals surface area contributed by atoms with Gasteiger partial charge in [0.25, 0.3) is 5.91 Å². The maximum Gasteiger partial charge on any atom is 0.331 e. The SMILES string of the molecule is COc1cccc(Cn2nc(C)c(C=CC(=O)OCC(N)=O)c2Cl)c1. The van der Waals surface area contributed by atoms with Gasteiger partial charge in [-0.05, 0) is 30.7 Å².